The van der Waals surface area contributed by atoms with Gasteiger partial charge in [0.2, 0.25) is 0 Å². The molecule has 1 atom stereocenters. The van der Waals surface area contributed by atoms with Gasteiger partial charge in [0.1, 0.15) is 5.82 Å². The number of H-pyrrole nitrogens is 1. The number of hydrogen-bond acceptors (Lipinski definition) is 3. The van der Waals surface area contributed by atoms with Gasteiger partial charge in [-0.15, -0.1) is 0 Å². The normalized spacial score (nSPS) is 12.6. The zero-order chi connectivity index (χ0) is 13.7. The average molecular weight is 283 g/mol. The first-order chi connectivity index (χ1) is 9.20. The highest BCUT2D eigenvalue weighted by molar-refractivity contribution is 6.30. The van der Waals surface area contributed by atoms with Crippen LogP contribution in [0.5, 0.6) is 0 Å². The van der Waals surface area contributed by atoms with E-state index in [1.165, 1.54) is 6.07 Å². The van der Waals surface area contributed by atoms with Gasteiger partial charge in [-0.25, -0.2) is 4.39 Å². The summed E-state index contributed by atoms with van der Waals surface area (Å²) in [7, 11) is 0. The fourth-order valence-electron chi connectivity index (χ4n) is 1.89. The molecule has 0 bridgehead atoms. The molecule has 2 rings (SSSR count). The van der Waals surface area contributed by atoms with E-state index in [-0.39, 0.29) is 11.9 Å². The molecule has 19 heavy (non-hydrogen) atoms. The van der Waals surface area contributed by atoms with Crippen molar-refractivity contribution in [2.75, 3.05) is 6.54 Å². The molecule has 0 saturated heterocycles. The van der Waals surface area contributed by atoms with Crippen LogP contribution in [-0.2, 0) is 6.42 Å². The lowest BCUT2D eigenvalue weighted by molar-refractivity contribution is 0.502. The van der Waals surface area contributed by atoms with Gasteiger partial charge in [0.15, 0.2) is 0 Å². The standard InChI is InChI=1S/C13H16ClFN4/c1-2-5-16-12(13-8-17-19-18-13)6-9-3-4-10(14)7-11(9)15/h3-4,7-8,12,16H,2,5-6H2,1H3,(H,17,18,19). The predicted octanol–water partition coefficient (Wildman–Crippen LogP) is 2.88. The number of nitrogens with one attached hydrogen (secondary N) is 2. The van der Waals surface area contributed by atoms with Gasteiger partial charge in [0, 0.05) is 5.02 Å². The summed E-state index contributed by atoms with van der Waals surface area (Å²) in [5, 5.41) is 14.2. The van der Waals surface area contributed by atoms with Crippen LogP contribution in [0.1, 0.15) is 30.6 Å². The molecule has 4 nitrogen and oxygen atoms in total. The smallest absolute Gasteiger partial charge is 0.127 e. The van der Waals surface area contributed by atoms with Crippen LogP contribution in [0, 0.1) is 5.82 Å². The molecule has 0 amide bonds. The Labute approximate surface area is 116 Å². The second kappa shape index (κ2) is 6.63. The summed E-state index contributed by atoms with van der Waals surface area (Å²) in [6.07, 6.45) is 3.16. The molecule has 0 aliphatic heterocycles. The van der Waals surface area contributed by atoms with E-state index in [9.17, 15) is 4.39 Å². The Kier molecular flexibility index (Phi) is 4.87. The Balaban J connectivity index is 2.15. The molecule has 1 unspecified atom stereocenters. The van der Waals surface area contributed by atoms with Gasteiger partial charge in [-0.05, 0) is 37.1 Å². The number of nitrogens with zero attached hydrogens (tertiary/aromatic N) is 2. The predicted molar refractivity (Wildman–Crippen MR) is 72.5 cm³/mol. The van der Waals surface area contributed by atoms with Gasteiger partial charge in [0.05, 0.1) is 17.9 Å². The van der Waals surface area contributed by atoms with Crippen LogP contribution in [0.2, 0.25) is 5.02 Å². The van der Waals surface area contributed by atoms with Crippen LogP contribution in [-0.4, -0.2) is 22.0 Å². The van der Waals surface area contributed by atoms with Crippen LogP contribution in [0.4, 0.5) is 4.39 Å². The zero-order valence-corrected chi connectivity index (χ0v) is 11.4. The number of aromatic amines is 1. The van der Waals surface area contributed by atoms with Gasteiger partial charge in [0.25, 0.3) is 0 Å². The van der Waals surface area contributed by atoms with E-state index >= 15 is 0 Å². The second-order valence-electron chi connectivity index (χ2n) is 4.34. The quantitative estimate of drug-likeness (QED) is 0.856. The lowest BCUT2D eigenvalue weighted by atomic mass is 10.0. The Morgan fingerprint density at radius 1 is 1.47 bits per heavy atom. The first kappa shape index (κ1) is 14.0. The fourth-order valence-corrected chi connectivity index (χ4v) is 2.04. The molecule has 6 heteroatoms. The van der Waals surface area contributed by atoms with E-state index in [4.69, 9.17) is 11.6 Å². The van der Waals surface area contributed by atoms with Crippen molar-refractivity contribution in [3.8, 4) is 0 Å². The van der Waals surface area contributed by atoms with Gasteiger partial charge in [-0.1, -0.05) is 24.6 Å². The molecule has 2 aromatic rings. The zero-order valence-electron chi connectivity index (χ0n) is 10.7. The van der Waals surface area contributed by atoms with E-state index in [0.29, 0.717) is 17.0 Å². The van der Waals surface area contributed by atoms with Crippen molar-refractivity contribution in [3.05, 3.63) is 46.5 Å². The topological polar surface area (TPSA) is 53.6 Å². The molecule has 102 valence electrons. The van der Waals surface area contributed by atoms with Crippen LogP contribution in [0.15, 0.2) is 24.4 Å². The Morgan fingerprint density at radius 3 is 2.95 bits per heavy atom. The fraction of sp³-hybridized carbons (Fsp3) is 0.385. The second-order valence-corrected chi connectivity index (χ2v) is 4.78. The van der Waals surface area contributed by atoms with Crippen LogP contribution in [0.25, 0.3) is 0 Å². The number of benzene rings is 1. The lowest BCUT2D eigenvalue weighted by Crippen LogP contribution is -2.24. The summed E-state index contributed by atoms with van der Waals surface area (Å²) in [5.41, 5.74) is 1.39. The number of hydrogen-bond donors (Lipinski definition) is 2. The largest absolute Gasteiger partial charge is 0.308 e. The number of halogens is 2. The van der Waals surface area contributed by atoms with Crippen LogP contribution in [0.3, 0.4) is 0 Å². The molecule has 0 spiro atoms. The van der Waals surface area contributed by atoms with Crippen molar-refractivity contribution < 1.29 is 4.39 Å². The first-order valence-corrected chi connectivity index (χ1v) is 6.61. The maximum absolute atomic E-state index is 13.8. The molecule has 1 aromatic carbocycles. The molecule has 2 N–H and O–H groups in total. The highest BCUT2D eigenvalue weighted by atomic mass is 35.5. The number of rotatable bonds is 6. The maximum atomic E-state index is 13.8. The highest BCUT2D eigenvalue weighted by Crippen LogP contribution is 2.20. The van der Waals surface area contributed by atoms with Crippen molar-refractivity contribution in [2.45, 2.75) is 25.8 Å². The minimum absolute atomic E-state index is 0.0608. The monoisotopic (exact) mass is 282 g/mol. The molecule has 1 heterocycles. The molecule has 0 radical (unpaired) electrons. The summed E-state index contributed by atoms with van der Waals surface area (Å²) in [6, 6.07) is 4.67. The van der Waals surface area contributed by atoms with E-state index in [1.807, 2.05) is 0 Å². The van der Waals surface area contributed by atoms with Crippen molar-refractivity contribution in [2.24, 2.45) is 0 Å². The molecule has 0 saturated carbocycles. The van der Waals surface area contributed by atoms with Gasteiger partial charge >= 0.3 is 0 Å². The van der Waals surface area contributed by atoms with Gasteiger partial charge in [-0.3, -0.25) is 0 Å². The third-order valence-corrected chi connectivity index (χ3v) is 3.11. The minimum atomic E-state index is -0.292. The molecular formula is C13H16ClFN4. The Bertz CT molecular complexity index is 515. The van der Waals surface area contributed by atoms with E-state index < -0.39 is 0 Å². The third kappa shape index (κ3) is 3.75. The van der Waals surface area contributed by atoms with Crippen molar-refractivity contribution in [1.82, 2.24) is 20.7 Å². The van der Waals surface area contributed by atoms with E-state index in [1.54, 1.807) is 18.3 Å². The maximum Gasteiger partial charge on any atom is 0.127 e. The Hall–Kier alpha value is -1.46. The highest BCUT2D eigenvalue weighted by Gasteiger charge is 2.16. The number of aromatic nitrogens is 3. The van der Waals surface area contributed by atoms with Crippen molar-refractivity contribution in [1.29, 1.82) is 0 Å². The summed E-state index contributed by atoms with van der Waals surface area (Å²) in [6.45, 7) is 2.92. The van der Waals surface area contributed by atoms with Gasteiger partial charge in [-0.2, -0.15) is 15.4 Å². The molecule has 0 aliphatic rings. The molecular weight excluding hydrogens is 267 g/mol. The van der Waals surface area contributed by atoms with Crippen molar-refractivity contribution in [3.63, 3.8) is 0 Å². The lowest BCUT2D eigenvalue weighted by Gasteiger charge is -2.16. The summed E-state index contributed by atoms with van der Waals surface area (Å²) in [5.74, 6) is -0.292. The molecule has 0 aliphatic carbocycles. The summed E-state index contributed by atoms with van der Waals surface area (Å²) in [4.78, 5) is 0. The first-order valence-electron chi connectivity index (χ1n) is 6.23. The molecule has 1 aromatic heterocycles. The van der Waals surface area contributed by atoms with E-state index in [2.05, 4.69) is 27.7 Å². The summed E-state index contributed by atoms with van der Waals surface area (Å²) >= 11 is 5.75. The Morgan fingerprint density at radius 2 is 2.32 bits per heavy atom. The van der Waals surface area contributed by atoms with Crippen LogP contribution < -0.4 is 5.32 Å². The average Bonchev–Trinajstić information content (AvgIpc) is 2.90. The van der Waals surface area contributed by atoms with Gasteiger partial charge < -0.3 is 5.32 Å². The van der Waals surface area contributed by atoms with E-state index in [0.717, 1.165) is 18.7 Å². The third-order valence-electron chi connectivity index (χ3n) is 2.87. The molecule has 0 fully saturated rings. The van der Waals surface area contributed by atoms with Crippen LogP contribution >= 0.6 is 11.6 Å². The van der Waals surface area contributed by atoms with Crippen molar-refractivity contribution >= 4 is 11.6 Å². The minimum Gasteiger partial charge on any atom is -0.308 e. The SMILES string of the molecule is CCCNC(Cc1ccc(Cl)cc1F)c1cn[nH]n1. The summed E-state index contributed by atoms with van der Waals surface area (Å²) < 4.78 is 13.8.